The van der Waals surface area contributed by atoms with Gasteiger partial charge in [-0.15, -0.1) is 5.10 Å². The molecule has 0 saturated heterocycles. The number of hydrogen-bond donors (Lipinski definition) is 0. The molecule has 0 spiro atoms. The Morgan fingerprint density at radius 1 is 1.16 bits per heavy atom. The minimum atomic E-state index is -0.399. The maximum atomic E-state index is 11.4. The minimum Gasteiger partial charge on any atom is -0.428 e. The van der Waals surface area contributed by atoms with Crippen molar-refractivity contribution in [2.45, 2.75) is 6.92 Å². The predicted molar refractivity (Wildman–Crippen MR) is 70.1 cm³/mol. The molecule has 5 nitrogen and oxygen atoms in total. The molecule has 1 aromatic carbocycles. The zero-order valence-electron chi connectivity index (χ0n) is 10.3. The summed E-state index contributed by atoms with van der Waals surface area (Å²) in [5.41, 5.74) is 2.05. The Bertz CT molecular complexity index is 760. The summed E-state index contributed by atoms with van der Waals surface area (Å²) < 4.78 is 6.57. The van der Waals surface area contributed by atoms with Crippen LogP contribution in [0.25, 0.3) is 16.9 Å². The summed E-state index contributed by atoms with van der Waals surface area (Å²) in [6.07, 6.45) is 1.67. The smallest absolute Gasteiger partial charge is 0.338 e. The molecule has 3 aromatic rings. The highest BCUT2D eigenvalue weighted by Gasteiger charge is 2.09. The Hall–Kier alpha value is -2.69. The highest BCUT2D eigenvalue weighted by molar-refractivity contribution is 5.60. The first-order valence-corrected chi connectivity index (χ1v) is 5.82. The number of nitrogens with zero attached hydrogens (tertiary/aromatic N) is 3. The molecule has 3 rings (SSSR count). The third-order valence-electron chi connectivity index (χ3n) is 2.74. The van der Waals surface area contributed by atoms with Gasteiger partial charge < -0.3 is 4.42 Å². The molecule has 0 aliphatic rings. The van der Waals surface area contributed by atoms with E-state index in [0.717, 1.165) is 11.3 Å². The van der Waals surface area contributed by atoms with Crippen LogP contribution in [0.5, 0.6) is 0 Å². The van der Waals surface area contributed by atoms with Gasteiger partial charge in [-0.25, -0.2) is 9.48 Å². The van der Waals surface area contributed by atoms with Crippen molar-refractivity contribution in [3.05, 3.63) is 64.8 Å². The number of aryl methyl sites for hydroxylation is 1. The second-order valence-corrected chi connectivity index (χ2v) is 4.14. The van der Waals surface area contributed by atoms with Crippen molar-refractivity contribution in [2.75, 3.05) is 0 Å². The van der Waals surface area contributed by atoms with Gasteiger partial charge in [-0.2, -0.15) is 0 Å². The van der Waals surface area contributed by atoms with Crippen LogP contribution in [0.2, 0.25) is 0 Å². The second-order valence-electron chi connectivity index (χ2n) is 4.14. The fourth-order valence-electron chi connectivity index (χ4n) is 1.94. The summed E-state index contributed by atoms with van der Waals surface area (Å²) in [5, 5.41) is 7.95. The van der Waals surface area contributed by atoms with Crippen LogP contribution in [0.1, 0.15) is 5.76 Å². The molecule has 0 fully saturated rings. The van der Waals surface area contributed by atoms with Gasteiger partial charge in [0.2, 0.25) is 0 Å². The topological polar surface area (TPSA) is 60.9 Å². The van der Waals surface area contributed by atoms with Crippen molar-refractivity contribution in [1.82, 2.24) is 15.0 Å². The maximum absolute atomic E-state index is 11.4. The van der Waals surface area contributed by atoms with Gasteiger partial charge in [-0.1, -0.05) is 35.5 Å². The molecule has 0 unspecified atom stereocenters. The quantitative estimate of drug-likeness (QED) is 0.702. The maximum Gasteiger partial charge on any atom is 0.338 e. The van der Waals surface area contributed by atoms with Gasteiger partial charge in [-0.3, -0.25) is 0 Å². The molecule has 5 heteroatoms. The van der Waals surface area contributed by atoms with Crippen molar-refractivity contribution in [3.63, 3.8) is 0 Å². The fraction of sp³-hybridized carbons (Fsp3) is 0.0714. The second kappa shape index (κ2) is 4.53. The van der Waals surface area contributed by atoms with E-state index < -0.39 is 5.63 Å². The van der Waals surface area contributed by atoms with Gasteiger partial charge >= 0.3 is 5.63 Å². The number of benzene rings is 1. The summed E-state index contributed by atoms with van der Waals surface area (Å²) in [6, 6.07) is 12.9. The molecule has 19 heavy (non-hydrogen) atoms. The average molecular weight is 253 g/mol. The predicted octanol–water partition coefficient (Wildman–Crippen LogP) is 2.20. The summed E-state index contributed by atoms with van der Waals surface area (Å²) in [4.78, 5) is 11.4. The van der Waals surface area contributed by atoms with E-state index in [1.54, 1.807) is 23.9 Å². The number of rotatable bonds is 2. The summed E-state index contributed by atoms with van der Waals surface area (Å²) >= 11 is 0. The van der Waals surface area contributed by atoms with E-state index in [1.807, 2.05) is 30.3 Å². The van der Waals surface area contributed by atoms with Gasteiger partial charge in [-0.05, 0) is 6.92 Å². The summed E-state index contributed by atoms with van der Waals surface area (Å²) in [6.45, 7) is 1.73. The van der Waals surface area contributed by atoms with Gasteiger partial charge in [0, 0.05) is 17.7 Å². The van der Waals surface area contributed by atoms with Crippen LogP contribution >= 0.6 is 0 Å². The molecule has 0 atom stereocenters. The van der Waals surface area contributed by atoms with Crippen LogP contribution in [0.15, 0.2) is 57.9 Å². The molecule has 0 N–H and O–H groups in total. The zero-order valence-corrected chi connectivity index (χ0v) is 10.3. The van der Waals surface area contributed by atoms with Crippen LogP contribution in [-0.2, 0) is 0 Å². The summed E-state index contributed by atoms with van der Waals surface area (Å²) in [5.74, 6) is 0.539. The van der Waals surface area contributed by atoms with Crippen LogP contribution in [-0.4, -0.2) is 15.0 Å². The minimum absolute atomic E-state index is 0.399. The van der Waals surface area contributed by atoms with Gasteiger partial charge in [0.15, 0.2) is 0 Å². The van der Waals surface area contributed by atoms with E-state index in [-0.39, 0.29) is 0 Å². The molecule has 2 aromatic heterocycles. The summed E-state index contributed by atoms with van der Waals surface area (Å²) in [7, 11) is 0. The van der Waals surface area contributed by atoms with E-state index in [1.165, 1.54) is 6.07 Å². The largest absolute Gasteiger partial charge is 0.428 e. The highest BCUT2D eigenvalue weighted by Crippen LogP contribution is 2.20. The molecule has 0 radical (unpaired) electrons. The van der Waals surface area contributed by atoms with E-state index in [2.05, 4.69) is 10.3 Å². The molecule has 94 valence electrons. The van der Waals surface area contributed by atoms with Crippen molar-refractivity contribution < 1.29 is 4.42 Å². The van der Waals surface area contributed by atoms with Crippen LogP contribution in [0, 0.1) is 6.92 Å². The third-order valence-corrected chi connectivity index (χ3v) is 2.74. The molecule has 0 aliphatic carbocycles. The first-order chi connectivity index (χ1) is 9.24. The van der Waals surface area contributed by atoms with Crippen LogP contribution in [0.4, 0.5) is 0 Å². The van der Waals surface area contributed by atoms with Gasteiger partial charge in [0.25, 0.3) is 0 Å². The van der Waals surface area contributed by atoms with E-state index in [4.69, 9.17) is 4.42 Å². The van der Waals surface area contributed by atoms with Crippen LogP contribution < -0.4 is 5.63 Å². The molecule has 0 saturated carbocycles. The highest BCUT2D eigenvalue weighted by atomic mass is 16.4. The Labute approximate surface area is 109 Å². The molecular formula is C14H11N3O2. The Kier molecular flexibility index (Phi) is 2.72. The first-order valence-electron chi connectivity index (χ1n) is 5.82. The molecule has 0 aliphatic heterocycles. The lowest BCUT2D eigenvalue weighted by Crippen LogP contribution is -2.06. The van der Waals surface area contributed by atoms with Crippen molar-refractivity contribution in [2.24, 2.45) is 0 Å². The third kappa shape index (κ3) is 2.18. The van der Waals surface area contributed by atoms with E-state index in [9.17, 15) is 4.79 Å². The van der Waals surface area contributed by atoms with E-state index >= 15 is 0 Å². The van der Waals surface area contributed by atoms with Crippen molar-refractivity contribution in [1.29, 1.82) is 0 Å². The molecule has 0 amide bonds. The Morgan fingerprint density at radius 3 is 2.68 bits per heavy atom. The lowest BCUT2D eigenvalue weighted by Gasteiger charge is -2.05. The molecule has 2 heterocycles. The number of hydrogen-bond acceptors (Lipinski definition) is 4. The Balaban J connectivity index is 2.17. The lowest BCUT2D eigenvalue weighted by molar-refractivity contribution is 0.478. The fourth-order valence-corrected chi connectivity index (χ4v) is 1.94. The van der Waals surface area contributed by atoms with Crippen LogP contribution in [0.3, 0.4) is 0 Å². The van der Waals surface area contributed by atoms with Crippen molar-refractivity contribution in [3.8, 4) is 16.9 Å². The average Bonchev–Trinajstić information content (AvgIpc) is 2.88. The SMILES string of the molecule is Cc1cc(-n2nncc2-c2ccccc2)cc(=O)o1. The monoisotopic (exact) mass is 253 g/mol. The van der Waals surface area contributed by atoms with E-state index in [0.29, 0.717) is 11.4 Å². The molecular weight excluding hydrogens is 242 g/mol. The molecule has 0 bridgehead atoms. The zero-order chi connectivity index (χ0) is 13.2. The van der Waals surface area contributed by atoms with Crippen molar-refractivity contribution >= 4 is 0 Å². The number of aromatic nitrogens is 3. The first kappa shape index (κ1) is 11.4. The normalized spacial score (nSPS) is 10.6. The lowest BCUT2D eigenvalue weighted by atomic mass is 10.1. The standard InChI is InChI=1S/C14H11N3O2/c1-10-7-12(8-14(18)19-10)17-13(9-15-16-17)11-5-3-2-4-6-11/h2-9H,1H3. The van der Waals surface area contributed by atoms with Gasteiger partial charge in [0.05, 0.1) is 17.6 Å². The Morgan fingerprint density at radius 2 is 1.95 bits per heavy atom. The van der Waals surface area contributed by atoms with Gasteiger partial charge in [0.1, 0.15) is 5.76 Å².